The molecule has 0 aromatic carbocycles. The van der Waals surface area contributed by atoms with Gasteiger partial charge in [-0.2, -0.15) is 0 Å². The van der Waals surface area contributed by atoms with Crippen LogP contribution in [0.2, 0.25) is 0 Å². The third kappa shape index (κ3) is 6.20. The zero-order valence-electron chi connectivity index (χ0n) is 16.9. The molecule has 3 fully saturated rings. The second-order valence-electron chi connectivity index (χ2n) is 9.06. The smallest absolute Gasteiger partial charge is 0.303 e. The van der Waals surface area contributed by atoms with E-state index >= 15 is 0 Å². The van der Waals surface area contributed by atoms with Gasteiger partial charge in [-0.15, -0.1) is 0 Å². The van der Waals surface area contributed by atoms with Crippen molar-refractivity contribution in [2.24, 2.45) is 5.92 Å². The molecule has 2 saturated carbocycles. The fourth-order valence-electron chi connectivity index (χ4n) is 5.55. The Bertz CT molecular complexity index is 466. The van der Waals surface area contributed by atoms with Gasteiger partial charge in [-0.3, -0.25) is 14.5 Å². The number of rotatable bonds is 7. The average molecular weight is 379 g/mol. The standard InChI is InChI=1S/C22H38N2O3/c25-21(17-23-15-7-8-18(16-23)13-14-22(26)27)24(19-9-3-1-4-10-19)20-11-5-2-6-12-20/h18-20H,1-17H2,(H,26,27). The van der Waals surface area contributed by atoms with E-state index in [1.165, 1.54) is 64.2 Å². The van der Waals surface area contributed by atoms with Gasteiger partial charge < -0.3 is 10.0 Å². The van der Waals surface area contributed by atoms with E-state index in [2.05, 4.69) is 9.80 Å². The van der Waals surface area contributed by atoms with Crippen LogP contribution in [0.1, 0.15) is 89.9 Å². The fourth-order valence-corrected chi connectivity index (χ4v) is 5.55. The highest BCUT2D eigenvalue weighted by Gasteiger charge is 2.33. The van der Waals surface area contributed by atoms with Crippen LogP contribution in [0.4, 0.5) is 0 Å². The molecular weight excluding hydrogens is 340 g/mol. The number of hydrogen-bond donors (Lipinski definition) is 1. The third-order valence-electron chi connectivity index (χ3n) is 6.95. The topological polar surface area (TPSA) is 60.9 Å². The number of carboxylic acid groups (broad SMARTS) is 1. The van der Waals surface area contributed by atoms with Crippen molar-refractivity contribution in [3.63, 3.8) is 0 Å². The summed E-state index contributed by atoms with van der Waals surface area (Å²) in [6, 6.07) is 0.920. The molecule has 3 rings (SSSR count). The summed E-state index contributed by atoms with van der Waals surface area (Å²) in [5, 5.41) is 8.94. The summed E-state index contributed by atoms with van der Waals surface area (Å²) in [4.78, 5) is 28.9. The molecule has 0 radical (unpaired) electrons. The molecule has 27 heavy (non-hydrogen) atoms. The van der Waals surface area contributed by atoms with E-state index in [1.54, 1.807) is 0 Å². The van der Waals surface area contributed by atoms with Crippen molar-refractivity contribution in [3.05, 3.63) is 0 Å². The minimum Gasteiger partial charge on any atom is -0.481 e. The van der Waals surface area contributed by atoms with Crippen molar-refractivity contribution in [1.82, 2.24) is 9.80 Å². The predicted molar refractivity (Wildman–Crippen MR) is 107 cm³/mol. The number of aliphatic carboxylic acids is 1. The van der Waals surface area contributed by atoms with Crippen molar-refractivity contribution >= 4 is 11.9 Å². The normalized spacial score (nSPS) is 26.0. The van der Waals surface area contributed by atoms with Crippen molar-refractivity contribution in [2.45, 2.75) is 102 Å². The van der Waals surface area contributed by atoms with E-state index in [1.807, 2.05) is 0 Å². The van der Waals surface area contributed by atoms with Gasteiger partial charge in [0.2, 0.25) is 5.91 Å². The minimum atomic E-state index is -0.705. The Hall–Kier alpha value is -1.10. The predicted octanol–water partition coefficient (Wildman–Crippen LogP) is 4.06. The Morgan fingerprint density at radius 1 is 0.852 bits per heavy atom. The van der Waals surface area contributed by atoms with Crippen molar-refractivity contribution in [1.29, 1.82) is 0 Å². The molecule has 1 atom stereocenters. The van der Waals surface area contributed by atoms with Gasteiger partial charge in [0.05, 0.1) is 6.54 Å². The molecule has 5 heteroatoms. The first kappa shape index (κ1) is 20.6. The molecule has 0 bridgehead atoms. The average Bonchev–Trinajstić information content (AvgIpc) is 2.68. The van der Waals surface area contributed by atoms with Gasteiger partial charge >= 0.3 is 5.97 Å². The number of likely N-dealkylation sites (tertiary alicyclic amines) is 1. The van der Waals surface area contributed by atoms with Gasteiger partial charge in [-0.1, -0.05) is 38.5 Å². The number of hydrogen-bond acceptors (Lipinski definition) is 3. The lowest BCUT2D eigenvalue weighted by molar-refractivity contribution is -0.140. The van der Waals surface area contributed by atoms with E-state index in [9.17, 15) is 9.59 Å². The molecule has 2 aliphatic carbocycles. The van der Waals surface area contributed by atoms with Gasteiger partial charge in [0, 0.05) is 25.0 Å². The number of piperidine rings is 1. The Morgan fingerprint density at radius 3 is 2.00 bits per heavy atom. The number of amides is 1. The van der Waals surface area contributed by atoms with Gasteiger partial charge in [-0.05, 0) is 57.4 Å². The van der Waals surface area contributed by atoms with Crippen LogP contribution in [0.5, 0.6) is 0 Å². The van der Waals surface area contributed by atoms with E-state index < -0.39 is 5.97 Å². The maximum absolute atomic E-state index is 13.4. The highest BCUT2D eigenvalue weighted by atomic mass is 16.4. The summed E-state index contributed by atoms with van der Waals surface area (Å²) in [5.74, 6) is 0.0668. The monoisotopic (exact) mass is 378 g/mol. The van der Waals surface area contributed by atoms with E-state index in [4.69, 9.17) is 5.11 Å². The number of carbonyl (C=O) groups is 2. The Labute approximate surface area is 164 Å². The largest absolute Gasteiger partial charge is 0.481 e. The first-order chi connectivity index (χ1) is 13.1. The first-order valence-corrected chi connectivity index (χ1v) is 11.4. The highest BCUT2D eigenvalue weighted by molar-refractivity contribution is 5.79. The zero-order valence-corrected chi connectivity index (χ0v) is 16.9. The Morgan fingerprint density at radius 2 is 1.44 bits per heavy atom. The molecule has 1 unspecified atom stereocenters. The highest BCUT2D eigenvalue weighted by Crippen LogP contribution is 2.31. The number of nitrogens with zero attached hydrogens (tertiary/aromatic N) is 2. The zero-order chi connectivity index (χ0) is 19.1. The minimum absolute atomic E-state index is 0.253. The molecule has 0 spiro atoms. The molecule has 1 saturated heterocycles. The van der Waals surface area contributed by atoms with Gasteiger partial charge in [0.15, 0.2) is 0 Å². The number of carboxylic acids is 1. The summed E-state index contributed by atoms with van der Waals surface area (Å²) in [7, 11) is 0. The Kier molecular flexibility index (Phi) is 7.98. The molecule has 0 aromatic heterocycles. The van der Waals surface area contributed by atoms with Gasteiger partial charge in [0.25, 0.3) is 0 Å². The lowest BCUT2D eigenvalue weighted by atomic mass is 9.88. The quantitative estimate of drug-likeness (QED) is 0.726. The second kappa shape index (κ2) is 10.4. The van der Waals surface area contributed by atoms with Crippen molar-refractivity contribution in [3.8, 4) is 0 Å². The van der Waals surface area contributed by atoms with Crippen LogP contribution in [-0.2, 0) is 9.59 Å². The van der Waals surface area contributed by atoms with Crippen molar-refractivity contribution in [2.75, 3.05) is 19.6 Å². The summed E-state index contributed by atoms with van der Waals surface area (Å²) < 4.78 is 0. The van der Waals surface area contributed by atoms with Crippen molar-refractivity contribution < 1.29 is 14.7 Å². The SMILES string of the molecule is O=C(O)CCC1CCCN(CC(=O)N(C2CCCCC2)C2CCCCC2)C1. The van der Waals surface area contributed by atoms with Gasteiger partial charge in [-0.25, -0.2) is 0 Å². The van der Waals surface area contributed by atoms with Crippen LogP contribution in [0.3, 0.4) is 0 Å². The molecule has 1 aliphatic heterocycles. The Balaban J connectivity index is 1.58. The van der Waals surface area contributed by atoms with E-state index in [-0.39, 0.29) is 6.42 Å². The van der Waals surface area contributed by atoms with Gasteiger partial charge in [0.1, 0.15) is 0 Å². The summed E-state index contributed by atoms with van der Waals surface area (Å²) >= 11 is 0. The van der Waals surface area contributed by atoms with Crippen LogP contribution < -0.4 is 0 Å². The molecule has 3 aliphatic rings. The molecule has 1 amide bonds. The van der Waals surface area contributed by atoms with E-state index in [0.717, 1.165) is 32.4 Å². The van der Waals surface area contributed by atoms with Crippen LogP contribution in [0, 0.1) is 5.92 Å². The lowest BCUT2D eigenvalue weighted by Gasteiger charge is -2.43. The fraction of sp³-hybridized carbons (Fsp3) is 0.909. The number of carbonyl (C=O) groups excluding carboxylic acids is 1. The summed E-state index contributed by atoms with van der Waals surface area (Å²) in [6.45, 7) is 2.41. The molecule has 0 aromatic rings. The molecule has 1 N–H and O–H groups in total. The van der Waals surface area contributed by atoms with Crippen LogP contribution in [0.15, 0.2) is 0 Å². The molecule has 1 heterocycles. The van der Waals surface area contributed by atoms with Crippen LogP contribution >= 0.6 is 0 Å². The maximum atomic E-state index is 13.4. The molecule has 5 nitrogen and oxygen atoms in total. The first-order valence-electron chi connectivity index (χ1n) is 11.4. The lowest BCUT2D eigenvalue weighted by Crippen LogP contribution is -2.53. The molecule has 154 valence electrons. The summed E-state index contributed by atoms with van der Waals surface area (Å²) in [6.07, 6.45) is 15.6. The third-order valence-corrected chi connectivity index (χ3v) is 6.95. The second-order valence-corrected chi connectivity index (χ2v) is 9.06. The van der Waals surface area contributed by atoms with Crippen LogP contribution in [0.25, 0.3) is 0 Å². The summed E-state index contributed by atoms with van der Waals surface area (Å²) in [5.41, 5.74) is 0. The molecular formula is C22H38N2O3. The van der Waals surface area contributed by atoms with E-state index in [0.29, 0.717) is 30.5 Å². The van der Waals surface area contributed by atoms with Crippen LogP contribution in [-0.4, -0.2) is 58.5 Å². The maximum Gasteiger partial charge on any atom is 0.303 e.